The van der Waals surface area contributed by atoms with E-state index in [-0.39, 0.29) is 5.15 Å². The summed E-state index contributed by atoms with van der Waals surface area (Å²) in [6, 6.07) is 5.26. The van der Waals surface area contributed by atoms with Crippen molar-refractivity contribution >= 4 is 33.4 Å². The third kappa shape index (κ3) is 2.01. The second kappa shape index (κ2) is 4.35. The molecule has 4 nitrogen and oxygen atoms in total. The number of fused-ring (bicyclic) bond motifs is 1. The molecule has 2 rings (SSSR count). The molecule has 2 aromatic rings. The summed E-state index contributed by atoms with van der Waals surface area (Å²) in [7, 11) is 0.321. The number of benzene rings is 1. The van der Waals surface area contributed by atoms with Crippen LogP contribution in [0.25, 0.3) is 11.0 Å². The molecule has 0 N–H and O–H groups in total. The van der Waals surface area contributed by atoms with Crippen molar-refractivity contribution in [2.24, 2.45) is 0 Å². The zero-order valence-corrected chi connectivity index (χ0v) is 10.3. The Hall–Kier alpha value is -1.20. The molecule has 0 fully saturated rings. The van der Waals surface area contributed by atoms with Crippen molar-refractivity contribution in [2.45, 2.75) is 5.03 Å². The number of aromatic nitrogens is 2. The van der Waals surface area contributed by atoms with Gasteiger partial charge in [-0.1, -0.05) is 11.6 Å². The van der Waals surface area contributed by atoms with Crippen molar-refractivity contribution in [3.63, 3.8) is 0 Å². The molecular formula is C10H9ClN2O2S. The maximum absolute atomic E-state index is 11.4. The Morgan fingerprint density at radius 1 is 1.31 bits per heavy atom. The number of hydrogen-bond donors (Lipinski definition) is 0. The number of halogens is 1. The smallest absolute Gasteiger partial charge is 0.164 e. The average Bonchev–Trinajstić information content (AvgIpc) is 2.27. The van der Waals surface area contributed by atoms with Gasteiger partial charge in [0.25, 0.3) is 0 Å². The summed E-state index contributed by atoms with van der Waals surface area (Å²) in [5.41, 5.74) is 1.27. The van der Waals surface area contributed by atoms with Gasteiger partial charge in [0.05, 0.1) is 28.9 Å². The highest BCUT2D eigenvalue weighted by atomic mass is 35.5. The van der Waals surface area contributed by atoms with Gasteiger partial charge in [-0.2, -0.15) is 0 Å². The molecule has 1 heterocycles. The van der Waals surface area contributed by atoms with E-state index < -0.39 is 10.8 Å². The van der Waals surface area contributed by atoms with E-state index in [1.807, 2.05) is 0 Å². The van der Waals surface area contributed by atoms with Crippen LogP contribution in [0.5, 0.6) is 5.75 Å². The van der Waals surface area contributed by atoms with Crippen LogP contribution in [0.3, 0.4) is 0 Å². The van der Waals surface area contributed by atoms with Gasteiger partial charge in [-0.25, -0.2) is 9.97 Å². The van der Waals surface area contributed by atoms with E-state index in [1.165, 1.54) is 6.26 Å². The van der Waals surface area contributed by atoms with Crippen molar-refractivity contribution in [3.05, 3.63) is 23.4 Å². The van der Waals surface area contributed by atoms with Crippen LogP contribution in [-0.4, -0.2) is 27.5 Å². The number of rotatable bonds is 2. The summed E-state index contributed by atoms with van der Waals surface area (Å²) >= 11 is 5.87. The molecule has 0 aliphatic heterocycles. The highest BCUT2D eigenvalue weighted by Crippen LogP contribution is 2.22. The normalized spacial score (nSPS) is 12.7. The largest absolute Gasteiger partial charge is 0.497 e. The molecule has 1 aromatic heterocycles. The summed E-state index contributed by atoms with van der Waals surface area (Å²) in [6.45, 7) is 0. The zero-order chi connectivity index (χ0) is 11.7. The first-order valence-corrected chi connectivity index (χ1v) is 6.40. The molecule has 0 aliphatic carbocycles. The Kier molecular flexibility index (Phi) is 3.07. The highest BCUT2D eigenvalue weighted by Gasteiger charge is 2.10. The van der Waals surface area contributed by atoms with Gasteiger partial charge in [-0.15, -0.1) is 0 Å². The monoisotopic (exact) mass is 256 g/mol. The van der Waals surface area contributed by atoms with Crippen molar-refractivity contribution in [1.29, 1.82) is 0 Å². The third-order valence-electron chi connectivity index (χ3n) is 2.07. The van der Waals surface area contributed by atoms with Gasteiger partial charge < -0.3 is 4.74 Å². The summed E-state index contributed by atoms with van der Waals surface area (Å²) in [6.07, 6.45) is 1.52. The predicted molar refractivity (Wildman–Crippen MR) is 63.4 cm³/mol. The second-order valence-electron chi connectivity index (χ2n) is 3.13. The van der Waals surface area contributed by atoms with E-state index in [4.69, 9.17) is 16.3 Å². The fraction of sp³-hybridized carbons (Fsp3) is 0.200. The molecule has 84 valence electrons. The first kappa shape index (κ1) is 11.3. The molecule has 1 aromatic carbocycles. The molecule has 0 radical (unpaired) electrons. The minimum Gasteiger partial charge on any atom is -0.497 e. The maximum Gasteiger partial charge on any atom is 0.164 e. The average molecular weight is 257 g/mol. The van der Waals surface area contributed by atoms with Crippen LogP contribution in [0.1, 0.15) is 0 Å². The molecule has 0 saturated heterocycles. The Morgan fingerprint density at radius 2 is 2.06 bits per heavy atom. The minimum absolute atomic E-state index is 0.179. The number of ether oxygens (including phenoxy) is 1. The van der Waals surface area contributed by atoms with Crippen molar-refractivity contribution in [3.8, 4) is 5.75 Å². The van der Waals surface area contributed by atoms with Crippen molar-refractivity contribution in [2.75, 3.05) is 13.4 Å². The first-order chi connectivity index (χ1) is 7.61. The lowest BCUT2D eigenvalue weighted by Gasteiger charge is -2.04. The van der Waals surface area contributed by atoms with Gasteiger partial charge in [-0.3, -0.25) is 4.21 Å². The molecule has 0 spiro atoms. The van der Waals surface area contributed by atoms with E-state index >= 15 is 0 Å². The van der Waals surface area contributed by atoms with Crippen LogP contribution in [0, 0.1) is 0 Å². The Morgan fingerprint density at radius 3 is 2.69 bits per heavy atom. The molecule has 0 saturated carbocycles. The van der Waals surface area contributed by atoms with Crippen LogP contribution < -0.4 is 4.74 Å². The van der Waals surface area contributed by atoms with Crippen molar-refractivity contribution in [1.82, 2.24) is 9.97 Å². The fourth-order valence-electron chi connectivity index (χ4n) is 1.31. The van der Waals surface area contributed by atoms with Crippen LogP contribution in [0.2, 0.25) is 5.15 Å². The SMILES string of the molecule is COc1ccc2nc(Cl)c(S(C)=O)nc2c1. The molecule has 16 heavy (non-hydrogen) atoms. The van der Waals surface area contributed by atoms with E-state index in [9.17, 15) is 4.21 Å². The molecule has 1 atom stereocenters. The van der Waals surface area contributed by atoms with Crippen molar-refractivity contribution < 1.29 is 8.95 Å². The highest BCUT2D eigenvalue weighted by molar-refractivity contribution is 7.84. The summed E-state index contributed by atoms with van der Waals surface area (Å²) in [5.74, 6) is 0.678. The van der Waals surface area contributed by atoms with E-state index in [0.717, 1.165) is 0 Å². The maximum atomic E-state index is 11.4. The van der Waals surface area contributed by atoms with Gasteiger partial charge in [0.15, 0.2) is 10.2 Å². The number of methoxy groups -OCH3 is 1. The van der Waals surface area contributed by atoms with E-state index in [2.05, 4.69) is 9.97 Å². The topological polar surface area (TPSA) is 52.1 Å². The third-order valence-corrected chi connectivity index (χ3v) is 3.28. The van der Waals surface area contributed by atoms with Gasteiger partial charge in [0, 0.05) is 12.3 Å². The quantitative estimate of drug-likeness (QED) is 0.825. The van der Waals surface area contributed by atoms with Crippen LogP contribution in [-0.2, 0) is 10.8 Å². The molecular weight excluding hydrogens is 248 g/mol. The molecule has 0 aliphatic rings. The zero-order valence-electron chi connectivity index (χ0n) is 8.73. The van der Waals surface area contributed by atoms with Crippen LogP contribution >= 0.6 is 11.6 Å². The van der Waals surface area contributed by atoms with Crippen LogP contribution in [0.4, 0.5) is 0 Å². The molecule has 6 heteroatoms. The lowest BCUT2D eigenvalue weighted by atomic mass is 10.3. The lowest BCUT2D eigenvalue weighted by Crippen LogP contribution is -1.97. The van der Waals surface area contributed by atoms with E-state index in [0.29, 0.717) is 21.8 Å². The molecule has 0 amide bonds. The summed E-state index contributed by atoms with van der Waals surface area (Å²) in [4.78, 5) is 8.33. The molecule has 1 unspecified atom stereocenters. The lowest BCUT2D eigenvalue weighted by molar-refractivity contribution is 0.415. The molecule has 0 bridgehead atoms. The van der Waals surface area contributed by atoms with Gasteiger partial charge in [-0.05, 0) is 12.1 Å². The predicted octanol–water partition coefficient (Wildman–Crippen LogP) is 2.03. The summed E-state index contributed by atoms with van der Waals surface area (Å²) in [5, 5.41) is 0.473. The van der Waals surface area contributed by atoms with Gasteiger partial charge in [0.2, 0.25) is 0 Å². The standard InChI is InChI=1S/C10H9ClN2O2S/c1-15-6-3-4-7-8(5-6)13-10(16(2)14)9(11)12-7/h3-5H,1-2H3. The van der Waals surface area contributed by atoms with E-state index in [1.54, 1.807) is 25.3 Å². The van der Waals surface area contributed by atoms with Gasteiger partial charge in [0.1, 0.15) is 5.75 Å². The van der Waals surface area contributed by atoms with Gasteiger partial charge >= 0.3 is 0 Å². The Bertz CT molecular complexity index is 574. The van der Waals surface area contributed by atoms with Crippen LogP contribution in [0.15, 0.2) is 23.2 Å². The Labute approximate surface area is 100 Å². The fourth-order valence-corrected chi connectivity index (χ4v) is 2.28. The number of hydrogen-bond acceptors (Lipinski definition) is 4. The Balaban J connectivity index is 2.70. The second-order valence-corrected chi connectivity index (χ2v) is 4.78. The first-order valence-electron chi connectivity index (χ1n) is 4.46. The number of nitrogens with zero attached hydrogens (tertiary/aromatic N) is 2. The summed E-state index contributed by atoms with van der Waals surface area (Å²) < 4.78 is 16.4. The minimum atomic E-state index is -1.25.